The molecule has 1 fully saturated rings. The largest absolute Gasteiger partial charge is 0.504 e. The highest BCUT2D eigenvalue weighted by molar-refractivity contribution is 5.61. The number of aromatic hydroxyl groups is 1. The summed E-state index contributed by atoms with van der Waals surface area (Å²) >= 11 is 0. The van der Waals surface area contributed by atoms with Crippen LogP contribution in [0.25, 0.3) is 0 Å². The highest BCUT2D eigenvalue weighted by atomic mass is 16.5. The number of benzene rings is 1. The Morgan fingerprint density at radius 1 is 1.30 bits per heavy atom. The standard InChI is InChI=1S/C17H18O3/c1-8-7-17-11-3-5-13(19)16(17)20-15-12(18)4-2-9(14(15)17)6-10(8)11/h2-5,8,10-11,13,16,18-19H,6-7H2,1H3. The molecule has 0 amide bonds. The Morgan fingerprint density at radius 2 is 2.15 bits per heavy atom. The molecule has 0 aromatic heterocycles. The van der Waals surface area contributed by atoms with Crippen molar-refractivity contribution in [2.75, 3.05) is 0 Å². The van der Waals surface area contributed by atoms with Crippen LogP contribution in [0.1, 0.15) is 24.5 Å². The van der Waals surface area contributed by atoms with E-state index in [-0.39, 0.29) is 17.3 Å². The summed E-state index contributed by atoms with van der Waals surface area (Å²) in [5.41, 5.74) is 2.39. The average Bonchev–Trinajstić information content (AvgIpc) is 2.87. The topological polar surface area (TPSA) is 49.7 Å². The van der Waals surface area contributed by atoms with Crippen LogP contribution < -0.4 is 4.74 Å². The summed E-state index contributed by atoms with van der Waals surface area (Å²) in [6.07, 6.45) is 5.42. The van der Waals surface area contributed by atoms with Gasteiger partial charge in [0.1, 0.15) is 12.2 Å². The minimum Gasteiger partial charge on any atom is -0.504 e. The van der Waals surface area contributed by atoms with Crippen molar-refractivity contribution in [1.82, 2.24) is 0 Å². The van der Waals surface area contributed by atoms with Crippen LogP contribution in [0, 0.1) is 17.8 Å². The fourth-order valence-electron chi connectivity index (χ4n) is 5.52. The first-order valence-corrected chi connectivity index (χ1v) is 7.51. The van der Waals surface area contributed by atoms with E-state index < -0.39 is 6.10 Å². The van der Waals surface area contributed by atoms with Crippen LogP contribution in [0.3, 0.4) is 0 Å². The summed E-state index contributed by atoms with van der Waals surface area (Å²) in [5, 5.41) is 20.5. The van der Waals surface area contributed by atoms with Gasteiger partial charge in [0.25, 0.3) is 0 Å². The van der Waals surface area contributed by atoms with Gasteiger partial charge in [-0.25, -0.2) is 0 Å². The van der Waals surface area contributed by atoms with Crippen molar-refractivity contribution in [1.29, 1.82) is 0 Å². The quantitative estimate of drug-likeness (QED) is 0.710. The zero-order valence-electron chi connectivity index (χ0n) is 11.4. The van der Waals surface area contributed by atoms with Crippen molar-refractivity contribution in [3.63, 3.8) is 0 Å². The lowest BCUT2D eigenvalue weighted by atomic mass is 9.59. The fraction of sp³-hybridized carbons (Fsp3) is 0.529. The molecule has 4 aliphatic rings. The maximum absolute atomic E-state index is 10.4. The van der Waals surface area contributed by atoms with Gasteiger partial charge in [0.2, 0.25) is 0 Å². The third-order valence-corrected chi connectivity index (χ3v) is 6.17. The van der Waals surface area contributed by atoms with Gasteiger partial charge >= 0.3 is 0 Å². The fourth-order valence-corrected chi connectivity index (χ4v) is 5.52. The van der Waals surface area contributed by atoms with Crippen LogP contribution in [-0.2, 0) is 11.8 Å². The molecule has 6 unspecified atom stereocenters. The third kappa shape index (κ3) is 0.986. The molecule has 6 atom stereocenters. The first-order chi connectivity index (χ1) is 9.63. The van der Waals surface area contributed by atoms with Crippen LogP contribution in [-0.4, -0.2) is 22.4 Å². The Hall–Kier alpha value is -1.48. The summed E-state index contributed by atoms with van der Waals surface area (Å²) in [7, 11) is 0. The molecule has 2 N–H and O–H groups in total. The van der Waals surface area contributed by atoms with Gasteiger partial charge < -0.3 is 14.9 Å². The molecule has 1 aliphatic heterocycles. The minimum absolute atomic E-state index is 0.111. The number of hydrogen-bond acceptors (Lipinski definition) is 3. The molecule has 3 heteroatoms. The van der Waals surface area contributed by atoms with E-state index in [1.165, 1.54) is 11.1 Å². The summed E-state index contributed by atoms with van der Waals surface area (Å²) in [6, 6.07) is 3.79. The van der Waals surface area contributed by atoms with Gasteiger partial charge in [0.05, 0.1) is 0 Å². The number of ether oxygens (including phenoxy) is 1. The Kier molecular flexibility index (Phi) is 1.81. The molecule has 1 aromatic carbocycles. The van der Waals surface area contributed by atoms with Gasteiger partial charge in [-0.15, -0.1) is 0 Å². The van der Waals surface area contributed by atoms with Crippen LogP contribution in [0.2, 0.25) is 0 Å². The summed E-state index contributed by atoms with van der Waals surface area (Å²) in [4.78, 5) is 0. The summed E-state index contributed by atoms with van der Waals surface area (Å²) in [5.74, 6) is 2.56. The van der Waals surface area contributed by atoms with Gasteiger partial charge in [-0.3, -0.25) is 0 Å². The molecule has 1 aromatic rings. The van der Waals surface area contributed by atoms with Crippen molar-refractivity contribution in [3.05, 3.63) is 35.4 Å². The van der Waals surface area contributed by atoms with Gasteiger partial charge in [-0.05, 0) is 42.2 Å². The maximum atomic E-state index is 10.4. The minimum atomic E-state index is -0.574. The Balaban J connectivity index is 1.87. The highest BCUT2D eigenvalue weighted by Gasteiger charge is 2.66. The number of allylic oxidation sites excluding steroid dienone is 1. The second-order valence-electron chi connectivity index (χ2n) is 6.98. The first-order valence-electron chi connectivity index (χ1n) is 7.51. The van der Waals surface area contributed by atoms with Gasteiger partial charge in [-0.1, -0.05) is 25.1 Å². The second kappa shape index (κ2) is 3.22. The van der Waals surface area contributed by atoms with E-state index in [1.54, 1.807) is 6.07 Å². The number of aliphatic hydroxyl groups excluding tert-OH is 1. The Labute approximate surface area is 117 Å². The molecular formula is C17H18O3. The molecule has 20 heavy (non-hydrogen) atoms. The second-order valence-corrected chi connectivity index (χ2v) is 6.98. The van der Waals surface area contributed by atoms with E-state index in [0.29, 0.717) is 23.5 Å². The van der Waals surface area contributed by atoms with Crippen LogP contribution >= 0.6 is 0 Å². The van der Waals surface area contributed by atoms with Gasteiger partial charge in [0, 0.05) is 11.0 Å². The summed E-state index contributed by atoms with van der Waals surface area (Å²) < 4.78 is 6.06. The van der Waals surface area contributed by atoms with Crippen molar-refractivity contribution >= 4 is 0 Å². The molecule has 104 valence electrons. The first kappa shape index (κ1) is 11.2. The number of phenolic OH excluding ortho intramolecular Hbond substituents is 1. The SMILES string of the molecule is CC1CC23c4c5ccc(O)c4OC2C(O)C=CC3C1C5. The maximum Gasteiger partial charge on any atom is 0.165 e. The predicted molar refractivity (Wildman–Crippen MR) is 73.8 cm³/mol. The van der Waals surface area contributed by atoms with Crippen molar-refractivity contribution < 1.29 is 14.9 Å². The number of aliphatic hydroxyl groups is 1. The van der Waals surface area contributed by atoms with Crippen molar-refractivity contribution in [2.45, 2.75) is 37.4 Å². The normalized spacial score (nSPS) is 46.2. The average molecular weight is 270 g/mol. The van der Waals surface area contributed by atoms with E-state index in [4.69, 9.17) is 4.74 Å². The molecule has 1 saturated carbocycles. The third-order valence-electron chi connectivity index (χ3n) is 6.17. The molecule has 0 saturated heterocycles. The molecule has 3 nitrogen and oxygen atoms in total. The molecule has 5 rings (SSSR count). The number of rotatable bonds is 0. The molecular weight excluding hydrogens is 252 g/mol. The lowest BCUT2D eigenvalue weighted by molar-refractivity contribution is 0.00909. The molecule has 0 radical (unpaired) electrons. The van der Waals surface area contributed by atoms with E-state index >= 15 is 0 Å². The number of phenols is 1. The number of hydrogen-bond donors (Lipinski definition) is 2. The smallest absolute Gasteiger partial charge is 0.165 e. The van der Waals surface area contributed by atoms with Crippen LogP contribution in [0.15, 0.2) is 24.3 Å². The lowest BCUT2D eigenvalue weighted by Crippen LogP contribution is -2.52. The van der Waals surface area contributed by atoms with Crippen LogP contribution in [0.4, 0.5) is 0 Å². The summed E-state index contributed by atoms with van der Waals surface area (Å²) in [6.45, 7) is 2.32. The van der Waals surface area contributed by atoms with Crippen LogP contribution in [0.5, 0.6) is 11.5 Å². The molecule has 1 spiro atoms. The van der Waals surface area contributed by atoms with Crippen molar-refractivity contribution in [2.24, 2.45) is 17.8 Å². The lowest BCUT2D eigenvalue weighted by Gasteiger charge is -2.44. The monoisotopic (exact) mass is 270 g/mol. The van der Waals surface area contributed by atoms with Crippen molar-refractivity contribution in [3.8, 4) is 11.5 Å². The highest BCUT2D eigenvalue weighted by Crippen LogP contribution is 2.67. The van der Waals surface area contributed by atoms with E-state index in [9.17, 15) is 10.2 Å². The molecule has 3 aliphatic carbocycles. The molecule has 1 heterocycles. The van der Waals surface area contributed by atoms with Gasteiger partial charge in [-0.2, -0.15) is 0 Å². The van der Waals surface area contributed by atoms with E-state index in [0.717, 1.165) is 12.8 Å². The van der Waals surface area contributed by atoms with Gasteiger partial charge in [0.15, 0.2) is 11.5 Å². The molecule has 2 bridgehead atoms. The van der Waals surface area contributed by atoms with E-state index in [2.05, 4.69) is 13.0 Å². The zero-order chi connectivity index (χ0) is 13.6. The van der Waals surface area contributed by atoms with E-state index in [1.807, 2.05) is 12.1 Å². The Morgan fingerprint density at radius 3 is 3.00 bits per heavy atom. The predicted octanol–water partition coefficient (Wildman–Crippen LogP) is 2.15. The Bertz CT molecular complexity index is 650. The zero-order valence-corrected chi connectivity index (χ0v) is 11.4.